The van der Waals surface area contributed by atoms with Crippen molar-refractivity contribution in [3.63, 3.8) is 0 Å². The SMILES string of the molecule is COCCOCCCOc1cncc(C#CCO)c1. The number of rotatable bonds is 8. The third-order valence-electron chi connectivity index (χ3n) is 2.16. The van der Waals surface area contributed by atoms with E-state index >= 15 is 0 Å². The molecule has 1 N–H and O–H groups in total. The van der Waals surface area contributed by atoms with E-state index in [1.807, 2.05) is 0 Å². The van der Waals surface area contributed by atoms with Crippen molar-refractivity contribution in [1.29, 1.82) is 0 Å². The standard InChI is InChI=1S/C14H19NO4/c1-17-8-9-18-6-3-7-19-14-10-13(4-2-5-16)11-15-12-14/h10-12,16H,3,5-9H2,1H3. The topological polar surface area (TPSA) is 60.8 Å². The lowest BCUT2D eigenvalue weighted by atomic mass is 10.3. The first-order valence-electron chi connectivity index (χ1n) is 6.11. The summed E-state index contributed by atoms with van der Waals surface area (Å²) in [6.45, 7) is 2.25. The van der Waals surface area contributed by atoms with Crippen molar-refractivity contribution < 1.29 is 19.3 Å². The van der Waals surface area contributed by atoms with E-state index in [9.17, 15) is 0 Å². The molecule has 19 heavy (non-hydrogen) atoms. The lowest BCUT2D eigenvalue weighted by Crippen LogP contribution is -2.06. The molecule has 0 amide bonds. The second-order valence-electron chi connectivity index (χ2n) is 3.68. The van der Waals surface area contributed by atoms with E-state index in [-0.39, 0.29) is 6.61 Å². The van der Waals surface area contributed by atoms with Crippen LogP contribution in [0.5, 0.6) is 5.75 Å². The molecule has 0 bridgehead atoms. The molecule has 1 aromatic heterocycles. The van der Waals surface area contributed by atoms with Gasteiger partial charge < -0.3 is 19.3 Å². The van der Waals surface area contributed by atoms with E-state index in [1.165, 1.54) is 0 Å². The number of hydrogen-bond donors (Lipinski definition) is 1. The molecule has 1 heterocycles. The molecular formula is C14H19NO4. The monoisotopic (exact) mass is 265 g/mol. The summed E-state index contributed by atoms with van der Waals surface area (Å²) in [6.07, 6.45) is 4.07. The lowest BCUT2D eigenvalue weighted by Gasteiger charge is -2.06. The number of nitrogens with zero attached hydrogens (tertiary/aromatic N) is 1. The van der Waals surface area contributed by atoms with Gasteiger partial charge in [0.05, 0.1) is 26.0 Å². The minimum absolute atomic E-state index is 0.163. The maximum absolute atomic E-state index is 8.61. The van der Waals surface area contributed by atoms with Crippen molar-refractivity contribution in [3.8, 4) is 17.6 Å². The molecule has 0 radical (unpaired) electrons. The average Bonchev–Trinajstić information content (AvgIpc) is 2.44. The smallest absolute Gasteiger partial charge is 0.138 e. The number of aliphatic hydroxyl groups excluding tert-OH is 1. The Morgan fingerprint density at radius 1 is 1.21 bits per heavy atom. The average molecular weight is 265 g/mol. The Morgan fingerprint density at radius 3 is 2.89 bits per heavy atom. The van der Waals surface area contributed by atoms with Crippen LogP contribution < -0.4 is 4.74 Å². The summed E-state index contributed by atoms with van der Waals surface area (Å²) < 4.78 is 15.7. The van der Waals surface area contributed by atoms with Crippen LogP contribution in [0.3, 0.4) is 0 Å². The quantitative estimate of drug-likeness (QED) is 0.558. The van der Waals surface area contributed by atoms with Gasteiger partial charge in [-0.15, -0.1) is 0 Å². The molecule has 1 rings (SSSR count). The molecule has 0 spiro atoms. The molecule has 0 atom stereocenters. The predicted molar refractivity (Wildman–Crippen MR) is 71.0 cm³/mol. The molecule has 104 valence electrons. The van der Waals surface area contributed by atoms with Gasteiger partial charge in [-0.3, -0.25) is 4.98 Å². The van der Waals surface area contributed by atoms with Crippen LogP contribution in [0.15, 0.2) is 18.5 Å². The van der Waals surface area contributed by atoms with Gasteiger partial charge in [0.25, 0.3) is 0 Å². The lowest BCUT2D eigenvalue weighted by molar-refractivity contribution is 0.0644. The summed E-state index contributed by atoms with van der Waals surface area (Å²) in [5.74, 6) is 6.01. The highest BCUT2D eigenvalue weighted by Gasteiger charge is 1.96. The maximum Gasteiger partial charge on any atom is 0.138 e. The predicted octanol–water partition coefficient (Wildman–Crippen LogP) is 0.857. The van der Waals surface area contributed by atoms with Crippen LogP contribution in [0, 0.1) is 11.8 Å². The first-order valence-corrected chi connectivity index (χ1v) is 6.11. The summed E-state index contributed by atoms with van der Waals surface area (Å²) in [4.78, 5) is 4.02. The molecule has 0 saturated carbocycles. The molecule has 0 fully saturated rings. The highest BCUT2D eigenvalue weighted by atomic mass is 16.5. The Kier molecular flexibility index (Phi) is 8.39. The van der Waals surface area contributed by atoms with Gasteiger partial charge in [0, 0.05) is 31.9 Å². The van der Waals surface area contributed by atoms with Gasteiger partial charge in [0.15, 0.2) is 0 Å². The van der Waals surface area contributed by atoms with E-state index in [4.69, 9.17) is 19.3 Å². The number of aliphatic hydroxyl groups is 1. The molecule has 0 unspecified atom stereocenters. The minimum Gasteiger partial charge on any atom is -0.492 e. The minimum atomic E-state index is -0.163. The zero-order valence-electron chi connectivity index (χ0n) is 11.1. The highest BCUT2D eigenvalue weighted by Crippen LogP contribution is 2.10. The summed E-state index contributed by atoms with van der Waals surface area (Å²) in [7, 11) is 1.64. The van der Waals surface area contributed by atoms with Gasteiger partial charge in [0.1, 0.15) is 12.4 Å². The Labute approximate surface area is 113 Å². The van der Waals surface area contributed by atoms with Crippen LogP contribution in [0.4, 0.5) is 0 Å². The largest absolute Gasteiger partial charge is 0.492 e. The maximum atomic E-state index is 8.61. The second-order valence-corrected chi connectivity index (χ2v) is 3.68. The number of methoxy groups -OCH3 is 1. The Bertz CT molecular complexity index is 411. The van der Waals surface area contributed by atoms with E-state index in [0.29, 0.717) is 32.2 Å². The van der Waals surface area contributed by atoms with Crippen LogP contribution in [0.1, 0.15) is 12.0 Å². The molecule has 0 aromatic carbocycles. The molecule has 1 aromatic rings. The molecule has 5 heteroatoms. The van der Waals surface area contributed by atoms with Crippen LogP contribution in [0.2, 0.25) is 0 Å². The molecule has 0 aliphatic carbocycles. The van der Waals surface area contributed by atoms with Gasteiger partial charge >= 0.3 is 0 Å². The summed E-state index contributed by atoms with van der Waals surface area (Å²) in [5.41, 5.74) is 0.725. The van der Waals surface area contributed by atoms with Gasteiger partial charge in [-0.05, 0) is 6.07 Å². The van der Waals surface area contributed by atoms with E-state index in [0.717, 1.165) is 12.0 Å². The van der Waals surface area contributed by atoms with Gasteiger partial charge in [-0.2, -0.15) is 0 Å². The zero-order chi connectivity index (χ0) is 13.8. The van der Waals surface area contributed by atoms with E-state index in [1.54, 1.807) is 25.6 Å². The fraction of sp³-hybridized carbons (Fsp3) is 0.500. The summed E-state index contributed by atoms with van der Waals surface area (Å²) in [6, 6.07) is 1.79. The van der Waals surface area contributed by atoms with Crippen molar-refractivity contribution in [2.45, 2.75) is 6.42 Å². The summed E-state index contributed by atoms with van der Waals surface area (Å²) in [5, 5.41) is 8.61. The fourth-order valence-electron chi connectivity index (χ4n) is 1.30. The number of ether oxygens (including phenoxy) is 3. The molecule has 0 aliphatic heterocycles. The third kappa shape index (κ3) is 7.42. The van der Waals surface area contributed by atoms with Crippen molar-refractivity contribution in [3.05, 3.63) is 24.0 Å². The zero-order valence-corrected chi connectivity index (χ0v) is 11.1. The van der Waals surface area contributed by atoms with Crippen LogP contribution in [-0.4, -0.2) is 50.2 Å². The highest BCUT2D eigenvalue weighted by molar-refractivity contribution is 5.36. The Morgan fingerprint density at radius 2 is 2.11 bits per heavy atom. The first kappa shape index (κ1) is 15.4. The molecule has 0 aliphatic rings. The van der Waals surface area contributed by atoms with Crippen LogP contribution >= 0.6 is 0 Å². The second kappa shape index (κ2) is 10.3. The van der Waals surface area contributed by atoms with Crippen molar-refractivity contribution in [2.75, 3.05) is 40.1 Å². The van der Waals surface area contributed by atoms with E-state index < -0.39 is 0 Å². The van der Waals surface area contributed by atoms with Crippen LogP contribution in [-0.2, 0) is 9.47 Å². The Balaban J connectivity index is 2.22. The summed E-state index contributed by atoms with van der Waals surface area (Å²) >= 11 is 0. The van der Waals surface area contributed by atoms with E-state index in [2.05, 4.69) is 16.8 Å². The molecule has 0 saturated heterocycles. The number of hydrogen-bond acceptors (Lipinski definition) is 5. The first-order chi connectivity index (χ1) is 9.36. The van der Waals surface area contributed by atoms with Crippen molar-refractivity contribution >= 4 is 0 Å². The van der Waals surface area contributed by atoms with Crippen molar-refractivity contribution in [2.24, 2.45) is 0 Å². The van der Waals surface area contributed by atoms with Crippen LogP contribution in [0.25, 0.3) is 0 Å². The molecule has 5 nitrogen and oxygen atoms in total. The number of aromatic nitrogens is 1. The van der Waals surface area contributed by atoms with Gasteiger partial charge in [-0.1, -0.05) is 11.8 Å². The Hall–Kier alpha value is -1.61. The normalized spacial score (nSPS) is 9.79. The number of pyridine rings is 1. The van der Waals surface area contributed by atoms with Gasteiger partial charge in [0.2, 0.25) is 0 Å². The van der Waals surface area contributed by atoms with Crippen molar-refractivity contribution in [1.82, 2.24) is 4.98 Å². The third-order valence-corrected chi connectivity index (χ3v) is 2.16. The molecular weight excluding hydrogens is 246 g/mol. The van der Waals surface area contributed by atoms with Gasteiger partial charge in [-0.25, -0.2) is 0 Å². The fourth-order valence-corrected chi connectivity index (χ4v) is 1.30.